The zero-order chi connectivity index (χ0) is 35.9. The molecular weight excluding hydrogens is 651 g/mol. The number of amides is 3. The SMILES string of the molecule is CC(C)c1nc(CCC(=O)NC(C(=O)N[C@@H](Cc2ccccc2)[C@@H](O)C[C@H](Cc2ccccc2)NC(=O)OCc2cccnc2)C(C)C)cs1. The van der Waals surface area contributed by atoms with Gasteiger partial charge in [0, 0.05) is 41.7 Å². The van der Waals surface area contributed by atoms with E-state index in [1.165, 1.54) is 0 Å². The quantitative estimate of drug-likeness (QED) is 0.104. The average molecular weight is 700 g/mol. The molecule has 0 saturated heterocycles. The van der Waals surface area contributed by atoms with E-state index in [1.54, 1.807) is 29.8 Å². The number of aromatic nitrogens is 2. The molecule has 0 radical (unpaired) electrons. The summed E-state index contributed by atoms with van der Waals surface area (Å²) in [5.74, 6) is -0.503. The zero-order valence-electron chi connectivity index (χ0n) is 29.2. The van der Waals surface area contributed by atoms with E-state index in [9.17, 15) is 19.5 Å². The Morgan fingerprint density at radius 1 is 0.840 bits per heavy atom. The Morgan fingerprint density at radius 2 is 1.50 bits per heavy atom. The maximum atomic E-state index is 13.8. The molecule has 2 heterocycles. The molecule has 4 N–H and O–H groups in total. The van der Waals surface area contributed by atoms with Gasteiger partial charge < -0.3 is 25.8 Å². The van der Waals surface area contributed by atoms with Crippen molar-refractivity contribution in [3.8, 4) is 0 Å². The van der Waals surface area contributed by atoms with Crippen LogP contribution in [-0.2, 0) is 40.2 Å². The number of nitrogens with one attached hydrogen (secondary N) is 3. The molecule has 11 heteroatoms. The first kappa shape index (κ1) is 38.2. The van der Waals surface area contributed by atoms with E-state index < -0.39 is 30.3 Å². The molecule has 4 aromatic rings. The number of pyridine rings is 1. The number of aliphatic hydroxyl groups excluding tert-OH is 1. The Kier molecular flexibility index (Phi) is 14.9. The maximum Gasteiger partial charge on any atom is 0.407 e. The van der Waals surface area contributed by atoms with E-state index >= 15 is 0 Å². The molecule has 4 rings (SSSR count). The Balaban J connectivity index is 1.45. The van der Waals surface area contributed by atoms with Crippen LogP contribution in [0.3, 0.4) is 0 Å². The van der Waals surface area contributed by atoms with Crippen LogP contribution >= 0.6 is 11.3 Å². The first-order chi connectivity index (χ1) is 24.1. The van der Waals surface area contributed by atoms with Gasteiger partial charge in [-0.1, -0.05) is 94.4 Å². The summed E-state index contributed by atoms with van der Waals surface area (Å²) in [6.07, 6.45) is 3.22. The maximum absolute atomic E-state index is 13.8. The van der Waals surface area contributed by atoms with Crippen LogP contribution in [0.4, 0.5) is 4.79 Å². The molecule has 0 aliphatic rings. The summed E-state index contributed by atoms with van der Waals surface area (Å²) in [6.45, 7) is 7.97. The van der Waals surface area contributed by atoms with Crippen LogP contribution in [0.25, 0.3) is 0 Å². The van der Waals surface area contributed by atoms with Crippen molar-refractivity contribution in [1.82, 2.24) is 25.9 Å². The molecule has 10 nitrogen and oxygen atoms in total. The number of rotatable bonds is 18. The van der Waals surface area contributed by atoms with Gasteiger partial charge in [-0.2, -0.15) is 0 Å². The van der Waals surface area contributed by atoms with E-state index in [0.717, 1.165) is 27.4 Å². The lowest BCUT2D eigenvalue weighted by atomic mass is 9.93. The van der Waals surface area contributed by atoms with Crippen molar-refractivity contribution in [2.24, 2.45) is 5.92 Å². The first-order valence-electron chi connectivity index (χ1n) is 17.2. The van der Waals surface area contributed by atoms with Crippen molar-refractivity contribution < 1.29 is 24.2 Å². The van der Waals surface area contributed by atoms with Gasteiger partial charge in [-0.3, -0.25) is 14.6 Å². The lowest BCUT2D eigenvalue weighted by Gasteiger charge is -2.30. The van der Waals surface area contributed by atoms with Crippen LogP contribution in [0.5, 0.6) is 0 Å². The molecule has 0 aliphatic carbocycles. The number of aryl methyl sites for hydroxylation is 1. The highest BCUT2D eigenvalue weighted by Crippen LogP contribution is 2.20. The molecule has 50 heavy (non-hydrogen) atoms. The van der Waals surface area contributed by atoms with Gasteiger partial charge in [0.2, 0.25) is 11.8 Å². The van der Waals surface area contributed by atoms with Crippen LogP contribution < -0.4 is 16.0 Å². The lowest BCUT2D eigenvalue weighted by Crippen LogP contribution is -2.55. The van der Waals surface area contributed by atoms with Gasteiger partial charge in [0.1, 0.15) is 12.6 Å². The van der Waals surface area contributed by atoms with E-state index in [-0.39, 0.29) is 37.2 Å². The molecule has 1 unspecified atom stereocenters. The van der Waals surface area contributed by atoms with Gasteiger partial charge in [-0.25, -0.2) is 9.78 Å². The van der Waals surface area contributed by atoms with Gasteiger partial charge >= 0.3 is 6.09 Å². The van der Waals surface area contributed by atoms with Crippen molar-refractivity contribution in [2.75, 3.05) is 0 Å². The van der Waals surface area contributed by atoms with Gasteiger partial charge in [0.25, 0.3) is 0 Å². The number of carbonyl (C=O) groups excluding carboxylic acids is 3. The third-order valence-corrected chi connectivity index (χ3v) is 9.49. The number of benzene rings is 2. The van der Waals surface area contributed by atoms with E-state index in [4.69, 9.17) is 4.74 Å². The number of hydrogen-bond donors (Lipinski definition) is 4. The normalized spacial score (nSPS) is 13.7. The van der Waals surface area contributed by atoms with Gasteiger partial charge in [0.05, 0.1) is 22.8 Å². The molecule has 0 aliphatic heterocycles. The summed E-state index contributed by atoms with van der Waals surface area (Å²) in [7, 11) is 0. The second-order valence-electron chi connectivity index (χ2n) is 13.2. The largest absolute Gasteiger partial charge is 0.445 e. The minimum Gasteiger partial charge on any atom is -0.445 e. The second-order valence-corrected chi connectivity index (χ2v) is 14.1. The zero-order valence-corrected chi connectivity index (χ0v) is 30.1. The topological polar surface area (TPSA) is 143 Å². The number of hydrogen-bond acceptors (Lipinski definition) is 8. The van der Waals surface area contributed by atoms with Gasteiger partial charge in [-0.15, -0.1) is 11.3 Å². The molecule has 4 atom stereocenters. The summed E-state index contributed by atoms with van der Waals surface area (Å²) in [4.78, 5) is 48.4. The molecule has 2 aromatic carbocycles. The third kappa shape index (κ3) is 12.7. The highest BCUT2D eigenvalue weighted by Gasteiger charge is 2.31. The van der Waals surface area contributed by atoms with Crippen molar-refractivity contribution in [3.05, 3.63) is 118 Å². The fraction of sp³-hybridized carbons (Fsp3) is 0.410. The Morgan fingerprint density at radius 3 is 2.10 bits per heavy atom. The number of carbonyl (C=O) groups is 3. The standard InChI is InChI=1S/C39H49N5O5S/c1-26(2)36(44-35(46)18-17-31-25-50-38(41-31)27(3)4)37(47)43-33(21-29-14-9-6-10-15-29)34(45)22-32(20-28-12-7-5-8-13-28)42-39(48)49-24-30-16-11-19-40-23-30/h5-16,19,23,25-27,32-34,36,45H,17-18,20-22,24H2,1-4H3,(H,42,48)(H,43,47)(H,44,46)/t32-,33-,34-,36?/m0/s1. The molecule has 0 fully saturated rings. The molecule has 0 bridgehead atoms. The van der Waals surface area contributed by atoms with Crippen molar-refractivity contribution in [3.63, 3.8) is 0 Å². The van der Waals surface area contributed by atoms with E-state index in [1.807, 2.05) is 86.0 Å². The summed E-state index contributed by atoms with van der Waals surface area (Å²) in [6, 6.07) is 20.8. The lowest BCUT2D eigenvalue weighted by molar-refractivity contribution is -0.131. The molecule has 2 aromatic heterocycles. The number of aliphatic hydroxyl groups is 1. The highest BCUT2D eigenvalue weighted by molar-refractivity contribution is 7.09. The highest BCUT2D eigenvalue weighted by atomic mass is 32.1. The number of thiazole rings is 1. The van der Waals surface area contributed by atoms with E-state index in [0.29, 0.717) is 25.2 Å². The summed E-state index contributed by atoms with van der Waals surface area (Å²) >= 11 is 1.59. The van der Waals surface area contributed by atoms with Crippen LogP contribution in [0.1, 0.15) is 73.8 Å². The fourth-order valence-corrected chi connectivity index (χ4v) is 6.41. The molecular formula is C39H49N5O5S. The smallest absolute Gasteiger partial charge is 0.407 e. The Bertz CT molecular complexity index is 1620. The van der Waals surface area contributed by atoms with Crippen LogP contribution in [-0.4, -0.2) is 57.2 Å². The van der Waals surface area contributed by atoms with Crippen molar-refractivity contribution in [2.45, 2.75) is 96.6 Å². The average Bonchev–Trinajstić information content (AvgIpc) is 3.59. The Labute approximate surface area is 299 Å². The minimum atomic E-state index is -1.05. The van der Waals surface area contributed by atoms with Crippen molar-refractivity contribution >= 4 is 29.2 Å². The second kappa shape index (κ2) is 19.5. The number of alkyl carbamates (subject to hydrolysis) is 1. The third-order valence-electron chi connectivity index (χ3n) is 8.29. The fourth-order valence-electron chi connectivity index (χ4n) is 5.54. The molecule has 3 amide bonds. The summed E-state index contributed by atoms with van der Waals surface area (Å²) in [5, 5.41) is 23.6. The molecule has 0 saturated carbocycles. The predicted molar refractivity (Wildman–Crippen MR) is 195 cm³/mol. The molecule has 0 spiro atoms. The summed E-state index contributed by atoms with van der Waals surface area (Å²) < 4.78 is 5.47. The van der Waals surface area contributed by atoms with Gasteiger partial charge in [0.15, 0.2) is 0 Å². The van der Waals surface area contributed by atoms with Crippen LogP contribution in [0.2, 0.25) is 0 Å². The number of ether oxygens (including phenoxy) is 1. The number of nitrogens with zero attached hydrogens (tertiary/aromatic N) is 2. The van der Waals surface area contributed by atoms with E-state index in [2.05, 4.69) is 39.8 Å². The summed E-state index contributed by atoms with van der Waals surface area (Å²) in [5.41, 5.74) is 3.52. The van der Waals surface area contributed by atoms with Crippen molar-refractivity contribution in [1.29, 1.82) is 0 Å². The first-order valence-corrected chi connectivity index (χ1v) is 18.1. The molecule has 266 valence electrons. The minimum absolute atomic E-state index is 0.0536. The van der Waals surface area contributed by atoms with Crippen LogP contribution in [0.15, 0.2) is 90.6 Å². The Hall–Kier alpha value is -4.61. The van der Waals surface area contributed by atoms with Crippen LogP contribution in [0, 0.1) is 5.92 Å². The predicted octanol–water partition coefficient (Wildman–Crippen LogP) is 5.75. The van der Waals surface area contributed by atoms with Gasteiger partial charge in [-0.05, 0) is 48.8 Å². The monoisotopic (exact) mass is 699 g/mol.